The molecule has 14 nitrogen and oxygen atoms in total. The van der Waals surface area contributed by atoms with E-state index in [0.717, 1.165) is 103 Å². The lowest BCUT2D eigenvalue weighted by molar-refractivity contribution is -0.359. The summed E-state index contributed by atoms with van der Waals surface area (Å²) < 4.78 is 22.9. The van der Waals surface area contributed by atoms with Crippen molar-refractivity contribution in [3.8, 4) is 0 Å². The number of hydrogen-bond donors (Lipinski definition) is 9. The molecule has 2 saturated heterocycles. The van der Waals surface area contributed by atoms with Gasteiger partial charge < -0.3 is 65.1 Å². The van der Waals surface area contributed by atoms with Crippen molar-refractivity contribution in [3.63, 3.8) is 0 Å². The molecule has 0 bridgehead atoms. The van der Waals surface area contributed by atoms with Crippen molar-refractivity contribution in [1.29, 1.82) is 0 Å². The summed E-state index contributed by atoms with van der Waals surface area (Å²) in [6.45, 7) is 2.71. The number of allylic oxidation sites excluding steroid dienone is 19. The molecule has 14 heteroatoms. The largest absolute Gasteiger partial charge is 0.394 e. The van der Waals surface area contributed by atoms with Gasteiger partial charge in [0.2, 0.25) is 5.91 Å². The Morgan fingerprint density at radius 1 is 0.378 bits per heavy atom. The maximum Gasteiger partial charge on any atom is 0.220 e. The first kappa shape index (κ1) is 90.5. The molecular weight excluding hydrogens is 1230 g/mol. The van der Waals surface area contributed by atoms with E-state index in [4.69, 9.17) is 18.9 Å². The van der Waals surface area contributed by atoms with Crippen molar-refractivity contribution in [2.75, 3.05) is 19.8 Å². The Labute approximate surface area is 597 Å². The second-order valence-electron chi connectivity index (χ2n) is 27.5. The van der Waals surface area contributed by atoms with E-state index in [9.17, 15) is 45.6 Å². The molecule has 1 amide bonds. The number of unbranched alkanes of at least 4 members (excludes halogenated alkanes) is 34. The van der Waals surface area contributed by atoms with E-state index in [1.807, 2.05) is 6.08 Å². The summed E-state index contributed by atoms with van der Waals surface area (Å²) in [5.41, 5.74) is 0. The van der Waals surface area contributed by atoms with Crippen LogP contribution in [0.1, 0.15) is 309 Å². The van der Waals surface area contributed by atoms with E-state index in [2.05, 4.69) is 129 Å². The summed E-state index contributed by atoms with van der Waals surface area (Å²) in [6, 6.07) is -0.923. The predicted molar refractivity (Wildman–Crippen MR) is 405 cm³/mol. The quantitative estimate of drug-likeness (QED) is 0.0204. The summed E-state index contributed by atoms with van der Waals surface area (Å²) in [4.78, 5) is 13.4. The molecule has 0 saturated carbocycles. The minimum Gasteiger partial charge on any atom is -0.394 e. The third-order valence-electron chi connectivity index (χ3n) is 18.7. The van der Waals surface area contributed by atoms with Crippen LogP contribution in [0.15, 0.2) is 122 Å². The zero-order valence-electron chi connectivity index (χ0n) is 61.7. The lowest BCUT2D eigenvalue weighted by Gasteiger charge is -2.46. The van der Waals surface area contributed by atoms with E-state index >= 15 is 0 Å². The Kier molecular flexibility index (Phi) is 61.5. The monoisotopic (exact) mass is 1380 g/mol. The molecule has 2 rings (SSSR count). The van der Waals surface area contributed by atoms with Gasteiger partial charge in [-0.3, -0.25) is 4.79 Å². The Morgan fingerprint density at radius 3 is 1.08 bits per heavy atom. The fourth-order valence-electron chi connectivity index (χ4n) is 12.4. The molecule has 0 spiro atoms. The summed E-state index contributed by atoms with van der Waals surface area (Å²) in [5.74, 6) is -0.241. The van der Waals surface area contributed by atoms with Crippen LogP contribution in [0.3, 0.4) is 0 Å². The van der Waals surface area contributed by atoms with Crippen LogP contribution in [0, 0.1) is 0 Å². The number of aliphatic hydroxyl groups excluding tert-OH is 8. The average molecular weight is 1380 g/mol. The first-order chi connectivity index (χ1) is 48.1. The van der Waals surface area contributed by atoms with Gasteiger partial charge >= 0.3 is 0 Å². The van der Waals surface area contributed by atoms with E-state index in [1.54, 1.807) is 6.08 Å². The van der Waals surface area contributed by atoms with Gasteiger partial charge in [-0.15, -0.1) is 0 Å². The van der Waals surface area contributed by atoms with E-state index in [0.29, 0.717) is 6.42 Å². The number of carbonyl (C=O) groups is 1. The van der Waals surface area contributed by atoms with Crippen molar-refractivity contribution in [2.24, 2.45) is 0 Å². The second-order valence-corrected chi connectivity index (χ2v) is 27.5. The maximum atomic E-state index is 13.4. The zero-order chi connectivity index (χ0) is 70.8. The molecule has 2 aliphatic rings. The number of amides is 1. The third-order valence-corrected chi connectivity index (χ3v) is 18.7. The molecule has 12 unspecified atom stereocenters. The standard InChI is InChI=1S/C84H145NO13/c1-3-5-7-9-11-13-15-17-19-21-23-25-27-28-29-30-31-32-33-34-35-36-37-38-39-40-41-42-43-44-46-48-50-52-54-56-58-60-62-64-66-68-76(89)85-72(71-95-83-81(94)79(92)82(75(70-87)97-83)98-84-80(93)78(91)77(90)74(69-86)96-84)73(88)67-65-63-61-59-57-55-53-51-49-47-45-26-24-22-20-18-16-14-12-10-8-6-4-2/h5,7,11,13,17,19,23,25,28-29,31-32,34-35,37-38,40-41,65,67,72-75,77-84,86-88,90-94H,3-4,6,8-10,12,14-16,18,20-22,24,26-27,30,33,36,39,42-64,66,68-71H2,1-2H3,(H,85,89)/b7-5-,13-11-,19-17-,25-23-,29-28-,32-31-,35-34-,38-37-,41-40-,67-65+. The Morgan fingerprint density at radius 2 is 0.704 bits per heavy atom. The average Bonchev–Trinajstić information content (AvgIpc) is 0.793. The van der Waals surface area contributed by atoms with Gasteiger partial charge in [0, 0.05) is 6.42 Å². The summed E-state index contributed by atoms with van der Waals surface area (Å²) in [5, 5.41) is 87.6. The molecule has 2 aliphatic heterocycles. The molecule has 98 heavy (non-hydrogen) atoms. The summed E-state index contributed by atoms with van der Waals surface area (Å²) >= 11 is 0. The molecule has 2 fully saturated rings. The predicted octanol–water partition coefficient (Wildman–Crippen LogP) is 18.0. The Hall–Kier alpha value is -3.61. The fourth-order valence-corrected chi connectivity index (χ4v) is 12.4. The first-order valence-electron chi connectivity index (χ1n) is 39.8. The zero-order valence-corrected chi connectivity index (χ0v) is 61.7. The van der Waals surface area contributed by atoms with Crippen LogP contribution in [0.2, 0.25) is 0 Å². The lowest BCUT2D eigenvalue weighted by atomic mass is 9.97. The fraction of sp³-hybridized carbons (Fsp3) is 0.750. The highest BCUT2D eigenvalue weighted by Gasteiger charge is 2.51. The number of rotatable bonds is 65. The summed E-state index contributed by atoms with van der Waals surface area (Å²) in [6.07, 6.45) is 81.2. The van der Waals surface area contributed by atoms with Crippen LogP contribution < -0.4 is 5.32 Å². The molecule has 0 aromatic heterocycles. The third kappa shape index (κ3) is 49.1. The van der Waals surface area contributed by atoms with Crippen LogP contribution in [-0.2, 0) is 23.7 Å². The van der Waals surface area contributed by atoms with Gasteiger partial charge in [-0.1, -0.05) is 334 Å². The summed E-state index contributed by atoms with van der Waals surface area (Å²) in [7, 11) is 0. The number of carbonyl (C=O) groups excluding carboxylic acids is 1. The topological polar surface area (TPSA) is 228 Å². The van der Waals surface area contributed by atoms with Crippen molar-refractivity contribution in [3.05, 3.63) is 122 Å². The van der Waals surface area contributed by atoms with Crippen LogP contribution in [0.4, 0.5) is 0 Å². The molecule has 564 valence electrons. The second kappa shape index (κ2) is 66.6. The highest BCUT2D eigenvalue weighted by Crippen LogP contribution is 2.30. The van der Waals surface area contributed by atoms with Crippen LogP contribution in [0.25, 0.3) is 0 Å². The maximum absolute atomic E-state index is 13.4. The molecular formula is C84H145NO13. The highest BCUT2D eigenvalue weighted by molar-refractivity contribution is 5.76. The Bertz CT molecular complexity index is 2110. The molecule has 12 atom stereocenters. The van der Waals surface area contributed by atoms with Gasteiger partial charge in [0.05, 0.1) is 32.0 Å². The number of ether oxygens (including phenoxy) is 4. The van der Waals surface area contributed by atoms with Gasteiger partial charge in [-0.25, -0.2) is 0 Å². The molecule has 0 aromatic carbocycles. The number of aliphatic hydroxyl groups is 8. The molecule has 0 aliphatic carbocycles. The minimum absolute atomic E-state index is 0.241. The van der Waals surface area contributed by atoms with Gasteiger partial charge in [0.1, 0.15) is 48.8 Å². The van der Waals surface area contributed by atoms with Crippen molar-refractivity contribution in [2.45, 2.75) is 383 Å². The minimum atomic E-state index is -1.79. The van der Waals surface area contributed by atoms with Gasteiger partial charge in [0.25, 0.3) is 0 Å². The highest BCUT2D eigenvalue weighted by atomic mass is 16.7. The molecule has 9 N–H and O–H groups in total. The number of hydrogen-bond acceptors (Lipinski definition) is 13. The van der Waals surface area contributed by atoms with Crippen molar-refractivity contribution < 1.29 is 64.6 Å². The molecule has 0 aromatic rings. The van der Waals surface area contributed by atoms with Gasteiger partial charge in [0.15, 0.2) is 12.6 Å². The lowest BCUT2D eigenvalue weighted by Crippen LogP contribution is -2.65. The van der Waals surface area contributed by atoms with Gasteiger partial charge in [-0.05, 0) is 89.9 Å². The SMILES string of the molecule is CC/C=C\C/C=C\C/C=C\C/C=C\C/C=C\C/C=C\C/C=C\C/C=C\C/C=C\CCCCCCCCCCCCCCCC(=O)NC(COC1OC(CO)C(OC2OC(CO)C(O)C(O)C2O)C(O)C1O)C(O)/C=C/CCCCCCCCCCCCCCCCCCCCCCC. The van der Waals surface area contributed by atoms with Gasteiger partial charge in [-0.2, -0.15) is 0 Å². The van der Waals surface area contributed by atoms with E-state index < -0.39 is 86.8 Å². The van der Waals surface area contributed by atoms with E-state index in [1.165, 1.54) is 180 Å². The van der Waals surface area contributed by atoms with Crippen molar-refractivity contribution in [1.82, 2.24) is 5.32 Å². The molecule has 2 heterocycles. The van der Waals surface area contributed by atoms with E-state index in [-0.39, 0.29) is 18.9 Å². The molecule has 0 radical (unpaired) electrons. The smallest absolute Gasteiger partial charge is 0.220 e. The van der Waals surface area contributed by atoms with Crippen LogP contribution >= 0.6 is 0 Å². The van der Waals surface area contributed by atoms with Crippen molar-refractivity contribution >= 4 is 5.91 Å². The van der Waals surface area contributed by atoms with Crippen LogP contribution in [0.5, 0.6) is 0 Å². The normalized spacial score (nSPS) is 22.7. The number of nitrogens with one attached hydrogen (secondary N) is 1. The first-order valence-corrected chi connectivity index (χ1v) is 39.8. The van der Waals surface area contributed by atoms with Crippen LogP contribution in [-0.4, -0.2) is 140 Å². The Balaban J connectivity index is 1.61.